The van der Waals surface area contributed by atoms with Crippen LogP contribution in [0.3, 0.4) is 0 Å². The summed E-state index contributed by atoms with van der Waals surface area (Å²) < 4.78 is 2.20. The number of aromatic nitrogens is 3. The highest BCUT2D eigenvalue weighted by Gasteiger charge is 2.17. The average Bonchev–Trinajstić information content (AvgIpc) is 2.57. The van der Waals surface area contributed by atoms with E-state index >= 15 is 0 Å². The van der Waals surface area contributed by atoms with Gasteiger partial charge in [-0.2, -0.15) is 0 Å². The summed E-state index contributed by atoms with van der Waals surface area (Å²) in [6.07, 6.45) is 5.52. The van der Waals surface area contributed by atoms with Gasteiger partial charge in [0.25, 0.3) is 0 Å². The number of nitrogens with zero attached hydrogens (tertiary/aromatic N) is 3. The first-order valence-corrected chi connectivity index (χ1v) is 7.35. The van der Waals surface area contributed by atoms with Gasteiger partial charge in [0, 0.05) is 24.6 Å². The normalized spacial score (nSPS) is 16.9. The molecule has 1 atom stereocenters. The van der Waals surface area contributed by atoms with Crippen LogP contribution in [0.2, 0.25) is 0 Å². The molecule has 0 spiro atoms. The van der Waals surface area contributed by atoms with E-state index < -0.39 is 5.97 Å². The maximum atomic E-state index is 10.5. The van der Waals surface area contributed by atoms with Crippen LogP contribution in [0.25, 0.3) is 0 Å². The second kappa shape index (κ2) is 6.22. The Morgan fingerprint density at radius 1 is 1.44 bits per heavy atom. The Hall–Kier alpha value is -1.04. The van der Waals surface area contributed by atoms with Crippen LogP contribution in [0.5, 0.6) is 0 Å². The molecule has 1 unspecified atom stereocenters. The van der Waals surface area contributed by atoms with Gasteiger partial charge in [-0.25, -0.2) is 0 Å². The third-order valence-electron chi connectivity index (χ3n) is 3.15. The molecule has 5 nitrogen and oxygen atoms in total. The van der Waals surface area contributed by atoms with Crippen LogP contribution >= 0.6 is 11.8 Å². The number of fused-ring (bicyclic) bond motifs is 1. The van der Waals surface area contributed by atoms with Crippen LogP contribution in [0.15, 0.2) is 5.16 Å². The first-order valence-electron chi connectivity index (χ1n) is 6.47. The molecule has 1 aliphatic heterocycles. The lowest BCUT2D eigenvalue weighted by Gasteiger charge is -2.10. The van der Waals surface area contributed by atoms with Crippen LogP contribution in [0.1, 0.15) is 44.9 Å². The number of rotatable bonds is 5. The summed E-state index contributed by atoms with van der Waals surface area (Å²) in [7, 11) is 0. The van der Waals surface area contributed by atoms with Crippen molar-refractivity contribution in [1.82, 2.24) is 14.8 Å². The van der Waals surface area contributed by atoms with Gasteiger partial charge in [-0.05, 0) is 19.3 Å². The van der Waals surface area contributed by atoms with Gasteiger partial charge in [-0.3, -0.25) is 4.79 Å². The fraction of sp³-hybridized carbons (Fsp3) is 0.750. The summed E-state index contributed by atoms with van der Waals surface area (Å²) >= 11 is 1.64. The molecule has 0 saturated heterocycles. The zero-order valence-corrected chi connectivity index (χ0v) is 11.4. The van der Waals surface area contributed by atoms with E-state index in [4.69, 9.17) is 5.11 Å². The largest absolute Gasteiger partial charge is 0.481 e. The van der Waals surface area contributed by atoms with Crippen molar-refractivity contribution < 1.29 is 9.90 Å². The molecule has 0 amide bonds. The lowest BCUT2D eigenvalue weighted by molar-refractivity contribution is -0.137. The first-order chi connectivity index (χ1) is 8.66. The fourth-order valence-electron chi connectivity index (χ4n) is 2.11. The predicted molar refractivity (Wildman–Crippen MR) is 69.8 cm³/mol. The Morgan fingerprint density at radius 2 is 2.28 bits per heavy atom. The first kappa shape index (κ1) is 13.4. The Labute approximate surface area is 111 Å². The van der Waals surface area contributed by atoms with Gasteiger partial charge in [0.2, 0.25) is 0 Å². The summed E-state index contributed by atoms with van der Waals surface area (Å²) in [4.78, 5) is 10.5. The van der Waals surface area contributed by atoms with Crippen molar-refractivity contribution >= 4 is 17.7 Å². The third kappa shape index (κ3) is 3.48. The van der Waals surface area contributed by atoms with Crippen molar-refractivity contribution in [1.29, 1.82) is 0 Å². The maximum Gasteiger partial charge on any atom is 0.303 e. The van der Waals surface area contributed by atoms with Crippen molar-refractivity contribution in [2.24, 2.45) is 0 Å². The van der Waals surface area contributed by atoms with E-state index in [2.05, 4.69) is 14.8 Å². The molecule has 1 aromatic rings. The number of aryl methyl sites for hydroxylation is 1. The van der Waals surface area contributed by atoms with Crippen molar-refractivity contribution in [3.05, 3.63) is 5.82 Å². The minimum Gasteiger partial charge on any atom is -0.481 e. The van der Waals surface area contributed by atoms with Crippen LogP contribution in [0, 0.1) is 0 Å². The standard InChI is InChI=1S/C12H19N3O2S/c1-9(6-7-11(16)17)18-12-14-13-10-5-3-2-4-8-15(10)12/h9H,2-8H2,1H3,(H,16,17). The fourth-order valence-corrected chi connectivity index (χ4v) is 3.12. The van der Waals surface area contributed by atoms with Crippen molar-refractivity contribution in [2.45, 2.75) is 62.4 Å². The van der Waals surface area contributed by atoms with Gasteiger partial charge in [-0.15, -0.1) is 10.2 Å². The molecule has 18 heavy (non-hydrogen) atoms. The van der Waals surface area contributed by atoms with Crippen molar-refractivity contribution in [2.75, 3.05) is 0 Å². The molecule has 2 rings (SSSR count). The maximum absolute atomic E-state index is 10.5. The molecule has 2 heterocycles. The summed E-state index contributed by atoms with van der Waals surface area (Å²) in [5.74, 6) is 0.350. The van der Waals surface area contributed by atoms with E-state index in [0.717, 1.165) is 23.9 Å². The number of thioether (sulfide) groups is 1. The molecule has 1 aliphatic rings. The van der Waals surface area contributed by atoms with Crippen LogP contribution in [0.4, 0.5) is 0 Å². The number of aliphatic carboxylic acids is 1. The van der Waals surface area contributed by atoms with E-state index in [-0.39, 0.29) is 11.7 Å². The number of carboxylic acids is 1. The molecule has 1 aromatic heterocycles. The highest BCUT2D eigenvalue weighted by atomic mass is 32.2. The van der Waals surface area contributed by atoms with Crippen molar-refractivity contribution in [3.63, 3.8) is 0 Å². The topological polar surface area (TPSA) is 68.0 Å². The molecule has 6 heteroatoms. The molecular formula is C12H19N3O2S. The number of hydrogen-bond donors (Lipinski definition) is 1. The second-order valence-electron chi connectivity index (χ2n) is 4.72. The Bertz CT molecular complexity index is 419. The molecule has 0 radical (unpaired) electrons. The molecule has 0 aliphatic carbocycles. The number of carbonyl (C=O) groups is 1. The molecular weight excluding hydrogens is 250 g/mol. The number of hydrogen-bond acceptors (Lipinski definition) is 4. The molecule has 100 valence electrons. The van der Waals surface area contributed by atoms with E-state index in [1.807, 2.05) is 6.92 Å². The van der Waals surface area contributed by atoms with Gasteiger partial charge in [0.05, 0.1) is 0 Å². The molecule has 0 saturated carbocycles. The Balaban J connectivity index is 1.96. The highest BCUT2D eigenvalue weighted by Crippen LogP contribution is 2.27. The minimum absolute atomic E-state index is 0.217. The Kier molecular flexibility index (Phi) is 4.63. The summed E-state index contributed by atoms with van der Waals surface area (Å²) in [6, 6.07) is 0. The smallest absolute Gasteiger partial charge is 0.303 e. The van der Waals surface area contributed by atoms with Gasteiger partial charge in [0.15, 0.2) is 5.16 Å². The van der Waals surface area contributed by atoms with E-state index in [1.54, 1.807) is 11.8 Å². The van der Waals surface area contributed by atoms with Crippen LogP contribution in [-0.4, -0.2) is 31.1 Å². The van der Waals surface area contributed by atoms with E-state index in [1.165, 1.54) is 19.3 Å². The minimum atomic E-state index is -0.734. The van der Waals surface area contributed by atoms with E-state index in [9.17, 15) is 4.79 Å². The molecule has 0 bridgehead atoms. The zero-order chi connectivity index (χ0) is 13.0. The summed E-state index contributed by atoms with van der Waals surface area (Å²) in [6.45, 7) is 3.04. The van der Waals surface area contributed by atoms with Crippen LogP contribution < -0.4 is 0 Å². The second-order valence-corrected chi connectivity index (χ2v) is 6.13. The monoisotopic (exact) mass is 269 g/mol. The molecule has 1 N–H and O–H groups in total. The number of carboxylic acid groups (broad SMARTS) is 1. The lowest BCUT2D eigenvalue weighted by Crippen LogP contribution is -2.06. The zero-order valence-electron chi connectivity index (χ0n) is 10.6. The highest BCUT2D eigenvalue weighted by molar-refractivity contribution is 7.99. The van der Waals surface area contributed by atoms with Crippen LogP contribution in [-0.2, 0) is 17.8 Å². The van der Waals surface area contributed by atoms with E-state index in [0.29, 0.717) is 6.42 Å². The molecule has 0 fully saturated rings. The summed E-state index contributed by atoms with van der Waals surface area (Å²) in [5, 5.41) is 18.4. The Morgan fingerprint density at radius 3 is 3.06 bits per heavy atom. The predicted octanol–water partition coefficient (Wildman–Crippen LogP) is 2.35. The van der Waals surface area contributed by atoms with Gasteiger partial charge >= 0.3 is 5.97 Å². The SMILES string of the molecule is CC(CCC(=O)O)Sc1nnc2n1CCCCC2. The van der Waals surface area contributed by atoms with Gasteiger partial charge in [-0.1, -0.05) is 25.1 Å². The third-order valence-corrected chi connectivity index (χ3v) is 4.30. The van der Waals surface area contributed by atoms with Crippen molar-refractivity contribution in [3.8, 4) is 0 Å². The summed E-state index contributed by atoms with van der Waals surface area (Å²) in [5.41, 5.74) is 0. The lowest BCUT2D eigenvalue weighted by atomic mass is 10.2. The quantitative estimate of drug-likeness (QED) is 0.831. The van der Waals surface area contributed by atoms with Gasteiger partial charge < -0.3 is 9.67 Å². The molecule has 0 aromatic carbocycles. The van der Waals surface area contributed by atoms with Gasteiger partial charge in [0.1, 0.15) is 5.82 Å². The average molecular weight is 269 g/mol.